The van der Waals surface area contributed by atoms with Gasteiger partial charge in [-0.2, -0.15) is 0 Å². The molecule has 2 aliphatic rings. The number of nitrogens with zero attached hydrogens (tertiary/aromatic N) is 1. The second-order valence-electron chi connectivity index (χ2n) is 6.36. The van der Waals surface area contributed by atoms with Crippen LogP contribution in [0.15, 0.2) is 55.6 Å². The van der Waals surface area contributed by atoms with Crippen molar-refractivity contribution in [2.75, 3.05) is 13.1 Å². The molecule has 2 nitrogen and oxygen atoms in total. The minimum absolute atomic E-state index is 0.657. The van der Waals surface area contributed by atoms with Crippen molar-refractivity contribution in [3.05, 3.63) is 66.9 Å². The van der Waals surface area contributed by atoms with Crippen molar-refractivity contribution in [2.45, 2.75) is 32.6 Å². The summed E-state index contributed by atoms with van der Waals surface area (Å²) in [5.74, 6) is 0. The molecule has 132 valence electrons. The molecule has 3 rings (SSSR count). The predicted octanol–water partition coefficient (Wildman–Crippen LogP) is 6.28. The maximum Gasteiger partial charge on any atom is 0.0737 e. The van der Waals surface area contributed by atoms with Gasteiger partial charge in [-0.15, -0.1) is 0 Å². The standard InChI is InChI=1S/C20H21Br2ClN2/c1-3-17(23)19(22)16-5-4-14-10-15(21)11-25-20(14)18(12(16)2)13-6-8-24-9-7-13/h3,10-11,24H,1,4-9H2,2H3. The highest BCUT2D eigenvalue weighted by Crippen LogP contribution is 2.42. The van der Waals surface area contributed by atoms with Crippen LogP contribution in [0.5, 0.6) is 0 Å². The Balaban J connectivity index is 2.24. The van der Waals surface area contributed by atoms with Gasteiger partial charge in [0.2, 0.25) is 0 Å². The van der Waals surface area contributed by atoms with Gasteiger partial charge in [-0.25, -0.2) is 0 Å². The van der Waals surface area contributed by atoms with E-state index in [-0.39, 0.29) is 0 Å². The Morgan fingerprint density at radius 3 is 2.68 bits per heavy atom. The van der Waals surface area contributed by atoms with E-state index in [1.807, 2.05) is 6.20 Å². The molecule has 0 spiro atoms. The van der Waals surface area contributed by atoms with E-state index in [1.165, 1.54) is 27.9 Å². The van der Waals surface area contributed by atoms with E-state index in [4.69, 9.17) is 16.6 Å². The molecule has 0 atom stereocenters. The molecule has 1 N–H and O–H groups in total. The molecule has 0 saturated carbocycles. The van der Waals surface area contributed by atoms with Crippen molar-refractivity contribution in [1.82, 2.24) is 10.3 Å². The highest BCUT2D eigenvalue weighted by Gasteiger charge is 2.25. The molecule has 0 unspecified atom stereocenters. The van der Waals surface area contributed by atoms with Gasteiger partial charge in [-0.05, 0) is 106 Å². The molecule has 1 fully saturated rings. The van der Waals surface area contributed by atoms with Gasteiger partial charge in [0, 0.05) is 20.7 Å². The third-order valence-electron chi connectivity index (χ3n) is 4.86. The van der Waals surface area contributed by atoms with E-state index in [0.717, 1.165) is 53.4 Å². The van der Waals surface area contributed by atoms with Crippen LogP contribution in [0.25, 0.3) is 5.57 Å². The topological polar surface area (TPSA) is 24.9 Å². The van der Waals surface area contributed by atoms with Crippen molar-refractivity contribution in [2.24, 2.45) is 0 Å². The number of hydrogen-bond donors (Lipinski definition) is 1. The van der Waals surface area contributed by atoms with E-state index in [9.17, 15) is 0 Å². The SMILES string of the molecule is C=CC(Cl)=C(Br)C1=C(C)C(=C2CCNCC2)c2ncc(Br)cc2CC1. The van der Waals surface area contributed by atoms with Crippen molar-refractivity contribution < 1.29 is 0 Å². The summed E-state index contributed by atoms with van der Waals surface area (Å²) >= 11 is 13.6. The molecule has 0 radical (unpaired) electrons. The number of halogens is 3. The predicted molar refractivity (Wildman–Crippen MR) is 114 cm³/mol. The third kappa shape index (κ3) is 4.02. The fourth-order valence-corrected chi connectivity index (χ4v) is 4.74. The Labute approximate surface area is 171 Å². The maximum absolute atomic E-state index is 6.37. The van der Waals surface area contributed by atoms with Gasteiger partial charge in [0.05, 0.1) is 10.7 Å². The molecule has 1 aliphatic carbocycles. The van der Waals surface area contributed by atoms with Gasteiger partial charge in [-0.3, -0.25) is 4.98 Å². The second-order valence-corrected chi connectivity index (χ2v) is 8.48. The molecule has 25 heavy (non-hydrogen) atoms. The van der Waals surface area contributed by atoms with Crippen LogP contribution in [0.2, 0.25) is 0 Å². The molecule has 0 bridgehead atoms. The summed E-state index contributed by atoms with van der Waals surface area (Å²) in [6.45, 7) is 8.06. The Kier molecular flexibility index (Phi) is 6.37. The molecular formula is C20H21Br2ClN2. The Bertz CT molecular complexity index is 798. The Morgan fingerprint density at radius 2 is 2.00 bits per heavy atom. The summed E-state index contributed by atoms with van der Waals surface area (Å²) in [5, 5.41) is 4.10. The first-order valence-corrected chi connectivity index (χ1v) is 10.4. The van der Waals surface area contributed by atoms with Crippen LogP contribution < -0.4 is 5.32 Å². The van der Waals surface area contributed by atoms with Crippen LogP contribution in [0.4, 0.5) is 0 Å². The Hall–Kier alpha value is -0.680. The van der Waals surface area contributed by atoms with Crippen LogP contribution in [0.3, 0.4) is 0 Å². The number of allylic oxidation sites excluding steroid dienone is 6. The molecule has 1 aromatic heterocycles. The summed E-state index contributed by atoms with van der Waals surface area (Å²) < 4.78 is 1.97. The maximum atomic E-state index is 6.37. The van der Waals surface area contributed by atoms with Gasteiger partial charge in [-0.1, -0.05) is 23.8 Å². The largest absolute Gasteiger partial charge is 0.316 e. The molecule has 1 saturated heterocycles. The van der Waals surface area contributed by atoms with Crippen molar-refractivity contribution >= 4 is 49.0 Å². The monoisotopic (exact) mass is 482 g/mol. The first-order valence-electron chi connectivity index (χ1n) is 8.48. The molecule has 0 amide bonds. The minimum atomic E-state index is 0.657. The van der Waals surface area contributed by atoms with E-state index in [0.29, 0.717) is 5.03 Å². The van der Waals surface area contributed by atoms with Gasteiger partial charge in [0.25, 0.3) is 0 Å². The smallest absolute Gasteiger partial charge is 0.0737 e. The minimum Gasteiger partial charge on any atom is -0.316 e. The average molecular weight is 485 g/mol. The van der Waals surface area contributed by atoms with Gasteiger partial charge >= 0.3 is 0 Å². The number of aryl methyl sites for hydroxylation is 1. The lowest BCUT2D eigenvalue weighted by Gasteiger charge is -2.22. The zero-order valence-corrected chi connectivity index (χ0v) is 18.2. The van der Waals surface area contributed by atoms with E-state index in [2.05, 4.69) is 56.7 Å². The first-order chi connectivity index (χ1) is 12.0. The summed E-state index contributed by atoms with van der Waals surface area (Å²) in [7, 11) is 0. The van der Waals surface area contributed by atoms with E-state index >= 15 is 0 Å². The lowest BCUT2D eigenvalue weighted by Crippen LogP contribution is -2.24. The summed E-state index contributed by atoms with van der Waals surface area (Å²) in [6.07, 6.45) is 7.59. The van der Waals surface area contributed by atoms with Crippen LogP contribution in [0, 0.1) is 0 Å². The number of piperidine rings is 1. The van der Waals surface area contributed by atoms with Crippen LogP contribution in [0.1, 0.15) is 37.4 Å². The lowest BCUT2D eigenvalue weighted by atomic mass is 9.89. The van der Waals surface area contributed by atoms with Crippen LogP contribution in [-0.2, 0) is 6.42 Å². The highest BCUT2D eigenvalue weighted by molar-refractivity contribution is 9.12. The number of fused-ring (bicyclic) bond motifs is 1. The second kappa shape index (κ2) is 8.34. The number of aromatic nitrogens is 1. The van der Waals surface area contributed by atoms with Gasteiger partial charge < -0.3 is 5.32 Å². The van der Waals surface area contributed by atoms with Crippen molar-refractivity contribution in [3.63, 3.8) is 0 Å². The summed E-state index contributed by atoms with van der Waals surface area (Å²) in [5.41, 5.74) is 7.74. The van der Waals surface area contributed by atoms with E-state index < -0.39 is 0 Å². The molecule has 0 aromatic carbocycles. The Morgan fingerprint density at radius 1 is 1.28 bits per heavy atom. The van der Waals surface area contributed by atoms with Crippen LogP contribution in [-0.4, -0.2) is 18.1 Å². The third-order valence-corrected chi connectivity index (χ3v) is 6.77. The van der Waals surface area contributed by atoms with Gasteiger partial charge in [0.15, 0.2) is 0 Å². The quantitative estimate of drug-likeness (QED) is 0.500. The number of hydrogen-bond acceptors (Lipinski definition) is 2. The molecule has 1 aliphatic heterocycles. The van der Waals surface area contributed by atoms with Crippen molar-refractivity contribution in [1.29, 1.82) is 0 Å². The van der Waals surface area contributed by atoms with E-state index in [1.54, 1.807) is 6.08 Å². The highest BCUT2D eigenvalue weighted by atomic mass is 79.9. The lowest BCUT2D eigenvalue weighted by molar-refractivity contribution is 0.611. The summed E-state index contributed by atoms with van der Waals surface area (Å²) in [4.78, 5) is 4.80. The molecule has 5 heteroatoms. The number of rotatable bonds is 2. The zero-order valence-electron chi connectivity index (χ0n) is 14.3. The fraction of sp³-hybridized carbons (Fsp3) is 0.350. The average Bonchev–Trinajstić information content (AvgIpc) is 2.77. The van der Waals surface area contributed by atoms with Crippen molar-refractivity contribution in [3.8, 4) is 0 Å². The van der Waals surface area contributed by atoms with Gasteiger partial charge in [0.1, 0.15) is 0 Å². The molecule has 2 heterocycles. The normalized spacial score (nSPS) is 19.4. The zero-order chi connectivity index (χ0) is 18.0. The molecule has 1 aromatic rings. The fourth-order valence-electron chi connectivity index (χ4n) is 3.59. The van der Waals surface area contributed by atoms with Crippen LogP contribution >= 0.6 is 43.5 Å². The molecular weight excluding hydrogens is 463 g/mol. The number of pyridine rings is 1. The summed E-state index contributed by atoms with van der Waals surface area (Å²) in [6, 6.07) is 2.20. The number of nitrogens with one attached hydrogen (secondary N) is 1. The first kappa shape index (κ1) is 19.1.